The monoisotopic (exact) mass is 196 g/mol. The summed E-state index contributed by atoms with van der Waals surface area (Å²) in [6, 6.07) is 6.55. The summed E-state index contributed by atoms with van der Waals surface area (Å²) in [5.41, 5.74) is 3.05. The van der Waals surface area contributed by atoms with Gasteiger partial charge in [-0.05, 0) is 35.6 Å². The van der Waals surface area contributed by atoms with Crippen LogP contribution in [-0.4, -0.2) is 0 Å². The fourth-order valence-corrected chi connectivity index (χ4v) is 1.90. The third-order valence-corrected chi connectivity index (χ3v) is 2.66. The molecule has 0 aromatic heterocycles. The Morgan fingerprint density at radius 3 is 2.90 bits per heavy atom. The van der Waals surface area contributed by atoms with Crippen molar-refractivity contribution in [3.8, 4) is 0 Å². The molecule has 1 aromatic carbocycles. The molecule has 0 N–H and O–H groups in total. The molecule has 0 saturated heterocycles. The first-order valence-electron chi connectivity index (χ1n) is 3.55. The van der Waals surface area contributed by atoms with Crippen LogP contribution < -0.4 is 0 Å². The zero-order chi connectivity index (χ0) is 7.14. The molecule has 1 atom stereocenters. The zero-order valence-electron chi connectivity index (χ0n) is 5.89. The van der Waals surface area contributed by atoms with Gasteiger partial charge in [0.25, 0.3) is 0 Å². The highest BCUT2D eigenvalue weighted by Crippen LogP contribution is 2.35. The fourth-order valence-electron chi connectivity index (χ4n) is 1.52. The fraction of sp³-hybridized carbons (Fsp3) is 0.333. The lowest BCUT2D eigenvalue weighted by Gasteiger charge is -2.26. The lowest BCUT2D eigenvalue weighted by atomic mass is 9.79. The highest BCUT2D eigenvalue weighted by atomic mass is 79.9. The lowest BCUT2D eigenvalue weighted by Crippen LogP contribution is -2.13. The highest BCUT2D eigenvalue weighted by molar-refractivity contribution is 9.10. The van der Waals surface area contributed by atoms with Crippen LogP contribution >= 0.6 is 15.9 Å². The molecule has 0 nitrogen and oxygen atoms in total. The molecular weight excluding hydrogens is 188 g/mol. The number of halogens is 1. The Hall–Kier alpha value is -0.300. The molecule has 52 valence electrons. The molecule has 2 rings (SSSR count). The molecule has 1 heteroatoms. The predicted molar refractivity (Wildman–Crippen MR) is 46.3 cm³/mol. The van der Waals surface area contributed by atoms with Crippen LogP contribution in [0.3, 0.4) is 0 Å². The van der Waals surface area contributed by atoms with E-state index in [2.05, 4.69) is 41.1 Å². The third-order valence-electron chi connectivity index (χ3n) is 2.16. The van der Waals surface area contributed by atoms with Gasteiger partial charge in [0.15, 0.2) is 0 Å². The summed E-state index contributed by atoms with van der Waals surface area (Å²) in [6.07, 6.45) is 1.27. The number of hydrogen-bond donors (Lipinski definition) is 0. The van der Waals surface area contributed by atoms with Crippen LogP contribution in [0.25, 0.3) is 0 Å². The van der Waals surface area contributed by atoms with Gasteiger partial charge in [-0.3, -0.25) is 0 Å². The second-order valence-electron chi connectivity index (χ2n) is 2.95. The van der Waals surface area contributed by atoms with Crippen LogP contribution in [0.1, 0.15) is 24.0 Å². The minimum absolute atomic E-state index is 0.785. The van der Waals surface area contributed by atoms with Gasteiger partial charge in [0.1, 0.15) is 0 Å². The summed E-state index contributed by atoms with van der Waals surface area (Å²) in [6.45, 7) is 2.27. The number of fused-ring (bicyclic) bond motifs is 1. The molecule has 10 heavy (non-hydrogen) atoms. The Morgan fingerprint density at radius 1 is 1.50 bits per heavy atom. The molecule has 1 aromatic rings. The van der Waals surface area contributed by atoms with Crippen molar-refractivity contribution in [2.24, 2.45) is 0 Å². The van der Waals surface area contributed by atoms with E-state index in [1.165, 1.54) is 22.0 Å². The summed E-state index contributed by atoms with van der Waals surface area (Å²) in [5.74, 6) is 0.785. The summed E-state index contributed by atoms with van der Waals surface area (Å²) < 4.78 is 1.21. The first kappa shape index (κ1) is 6.41. The SMILES string of the molecule is CC1Cc2ccc(Br)cc21. The van der Waals surface area contributed by atoms with Gasteiger partial charge in [-0.15, -0.1) is 0 Å². The first-order chi connectivity index (χ1) is 4.77. The maximum Gasteiger partial charge on any atom is 0.0178 e. The van der Waals surface area contributed by atoms with Crippen LogP contribution in [0.5, 0.6) is 0 Å². The van der Waals surface area contributed by atoms with E-state index in [4.69, 9.17) is 0 Å². The van der Waals surface area contributed by atoms with Gasteiger partial charge in [0.05, 0.1) is 0 Å². The summed E-state index contributed by atoms with van der Waals surface area (Å²) >= 11 is 3.46. The summed E-state index contributed by atoms with van der Waals surface area (Å²) in [5, 5.41) is 0. The van der Waals surface area contributed by atoms with Crippen LogP contribution in [0.2, 0.25) is 0 Å². The summed E-state index contributed by atoms with van der Waals surface area (Å²) in [7, 11) is 0. The maximum absolute atomic E-state index is 3.46. The lowest BCUT2D eigenvalue weighted by molar-refractivity contribution is 0.666. The van der Waals surface area contributed by atoms with Gasteiger partial charge < -0.3 is 0 Å². The van der Waals surface area contributed by atoms with Crippen LogP contribution in [0.15, 0.2) is 22.7 Å². The molecule has 0 radical (unpaired) electrons. The Balaban J connectivity index is 2.51. The largest absolute Gasteiger partial charge is 0.0581 e. The average Bonchev–Trinajstić information content (AvgIpc) is 1.92. The molecular formula is C9H9Br. The number of rotatable bonds is 0. The van der Waals surface area contributed by atoms with Crippen LogP contribution in [0, 0.1) is 0 Å². The second kappa shape index (κ2) is 2.09. The Labute approximate surface area is 69.4 Å². The minimum atomic E-state index is 0.785. The Kier molecular flexibility index (Phi) is 1.34. The Bertz CT molecular complexity index is 265. The average molecular weight is 197 g/mol. The molecule has 0 saturated carbocycles. The Morgan fingerprint density at radius 2 is 2.30 bits per heavy atom. The third kappa shape index (κ3) is 0.807. The normalized spacial score (nSPS) is 21.6. The van der Waals surface area contributed by atoms with Crippen molar-refractivity contribution in [3.63, 3.8) is 0 Å². The standard InChI is InChI=1S/C9H9Br/c1-6-4-7-2-3-8(10)5-9(6)7/h2-3,5-6H,4H2,1H3. The van der Waals surface area contributed by atoms with Crippen molar-refractivity contribution in [1.29, 1.82) is 0 Å². The first-order valence-corrected chi connectivity index (χ1v) is 4.35. The number of hydrogen-bond acceptors (Lipinski definition) is 0. The molecule has 0 fully saturated rings. The van der Waals surface area contributed by atoms with Crippen molar-refractivity contribution in [2.75, 3.05) is 0 Å². The molecule has 1 unspecified atom stereocenters. The van der Waals surface area contributed by atoms with Gasteiger partial charge in [-0.2, -0.15) is 0 Å². The van der Waals surface area contributed by atoms with E-state index in [1.807, 2.05) is 0 Å². The molecule has 0 aliphatic heterocycles. The number of benzene rings is 1. The quantitative estimate of drug-likeness (QED) is 0.599. The van der Waals surface area contributed by atoms with Crippen LogP contribution in [-0.2, 0) is 6.42 Å². The molecule has 0 spiro atoms. The van der Waals surface area contributed by atoms with E-state index in [1.54, 1.807) is 0 Å². The smallest absolute Gasteiger partial charge is 0.0178 e. The van der Waals surface area contributed by atoms with Crippen molar-refractivity contribution < 1.29 is 0 Å². The van der Waals surface area contributed by atoms with E-state index in [9.17, 15) is 0 Å². The van der Waals surface area contributed by atoms with Gasteiger partial charge in [0.2, 0.25) is 0 Å². The van der Waals surface area contributed by atoms with E-state index < -0.39 is 0 Å². The molecule has 0 bridgehead atoms. The highest BCUT2D eigenvalue weighted by Gasteiger charge is 2.20. The van der Waals surface area contributed by atoms with Crippen LogP contribution in [0.4, 0.5) is 0 Å². The van der Waals surface area contributed by atoms with E-state index >= 15 is 0 Å². The second-order valence-corrected chi connectivity index (χ2v) is 3.86. The molecule has 1 aliphatic carbocycles. The topological polar surface area (TPSA) is 0 Å². The van der Waals surface area contributed by atoms with Gasteiger partial charge >= 0.3 is 0 Å². The van der Waals surface area contributed by atoms with Gasteiger partial charge in [-0.25, -0.2) is 0 Å². The predicted octanol–water partition coefficient (Wildman–Crippen LogP) is 3.11. The maximum atomic E-state index is 3.46. The van der Waals surface area contributed by atoms with Gasteiger partial charge in [0, 0.05) is 4.47 Å². The van der Waals surface area contributed by atoms with E-state index in [0.29, 0.717) is 0 Å². The zero-order valence-corrected chi connectivity index (χ0v) is 7.48. The molecule has 0 heterocycles. The van der Waals surface area contributed by atoms with E-state index in [-0.39, 0.29) is 0 Å². The van der Waals surface area contributed by atoms with Crippen molar-refractivity contribution >= 4 is 15.9 Å². The van der Waals surface area contributed by atoms with E-state index in [0.717, 1.165) is 5.92 Å². The van der Waals surface area contributed by atoms with Crippen molar-refractivity contribution in [1.82, 2.24) is 0 Å². The van der Waals surface area contributed by atoms with Crippen molar-refractivity contribution in [2.45, 2.75) is 19.3 Å². The summed E-state index contributed by atoms with van der Waals surface area (Å²) in [4.78, 5) is 0. The van der Waals surface area contributed by atoms with Gasteiger partial charge in [-0.1, -0.05) is 28.9 Å². The minimum Gasteiger partial charge on any atom is -0.0581 e. The molecule has 0 amide bonds. The van der Waals surface area contributed by atoms with Crippen molar-refractivity contribution in [3.05, 3.63) is 33.8 Å². The molecule has 1 aliphatic rings.